The predicted molar refractivity (Wildman–Crippen MR) is 111 cm³/mol. The van der Waals surface area contributed by atoms with Crippen LogP contribution in [0.15, 0.2) is 47.6 Å². The molecule has 0 saturated carbocycles. The zero-order valence-corrected chi connectivity index (χ0v) is 18.5. The molecule has 1 amide bonds. The fourth-order valence-electron chi connectivity index (χ4n) is 3.57. The van der Waals surface area contributed by atoms with E-state index >= 15 is 0 Å². The fraction of sp³-hybridized carbons (Fsp3) is 0.273. The van der Waals surface area contributed by atoms with E-state index in [9.17, 15) is 28.8 Å². The summed E-state index contributed by atoms with van der Waals surface area (Å²) >= 11 is 0. The molecule has 0 unspecified atom stereocenters. The summed E-state index contributed by atoms with van der Waals surface area (Å²) < 4.78 is 18.7. The van der Waals surface area contributed by atoms with Gasteiger partial charge in [-0.05, 0) is 12.1 Å². The van der Waals surface area contributed by atoms with Crippen molar-refractivity contribution < 1.29 is 47.7 Å². The first-order valence-electron chi connectivity index (χ1n) is 9.33. The second-order valence-electron chi connectivity index (χ2n) is 6.56. The maximum Gasteiger partial charge on any atom is 0.337 e. The highest BCUT2D eigenvalue weighted by Crippen LogP contribution is 2.48. The lowest BCUT2D eigenvalue weighted by molar-refractivity contribution is -0.140. The third kappa shape index (κ3) is 4.12. The zero-order valence-electron chi connectivity index (χ0n) is 18.5. The van der Waals surface area contributed by atoms with Crippen molar-refractivity contribution in [1.82, 2.24) is 0 Å². The Morgan fingerprint density at radius 1 is 0.788 bits per heavy atom. The largest absolute Gasteiger partial charge is 0.466 e. The number of fused-ring (bicyclic) bond motifs is 1. The summed E-state index contributed by atoms with van der Waals surface area (Å²) in [7, 11) is 3.96. The monoisotopic (exact) mass is 459 g/mol. The Kier molecular flexibility index (Phi) is 7.49. The topological polar surface area (TPSA) is 143 Å². The first-order valence-corrected chi connectivity index (χ1v) is 9.33. The first kappa shape index (κ1) is 25.0. The number of rotatable bonds is 6. The standard InChI is InChI=1S/C22H21NO10/c1-12(24)23-16-9-7-6-8-13(16)19(27)22(23,14(20(28)32-4)10-17(25)30-2)15(21(29)33-5)11-18(26)31-3/h6-11H,1-5H3/b14-10-,15-11-. The summed E-state index contributed by atoms with van der Waals surface area (Å²) in [6.07, 6.45) is 1.22. The number of hydrogen-bond donors (Lipinski definition) is 0. The highest BCUT2D eigenvalue weighted by Gasteiger charge is 2.62. The lowest BCUT2D eigenvalue weighted by Crippen LogP contribution is -2.59. The minimum Gasteiger partial charge on any atom is -0.466 e. The first-order chi connectivity index (χ1) is 15.6. The van der Waals surface area contributed by atoms with E-state index in [4.69, 9.17) is 9.47 Å². The second-order valence-corrected chi connectivity index (χ2v) is 6.56. The zero-order chi connectivity index (χ0) is 24.9. The molecule has 0 radical (unpaired) electrons. The van der Waals surface area contributed by atoms with E-state index < -0.39 is 52.3 Å². The van der Waals surface area contributed by atoms with Crippen LogP contribution in [0.25, 0.3) is 0 Å². The number of anilines is 1. The molecule has 1 aromatic rings. The molecule has 1 heterocycles. The molecule has 1 aliphatic rings. The number of amides is 1. The lowest BCUT2D eigenvalue weighted by atomic mass is 9.76. The molecule has 2 rings (SSSR count). The maximum absolute atomic E-state index is 13.9. The van der Waals surface area contributed by atoms with Crippen LogP contribution >= 0.6 is 0 Å². The van der Waals surface area contributed by atoms with Gasteiger partial charge >= 0.3 is 23.9 Å². The van der Waals surface area contributed by atoms with Crippen molar-refractivity contribution in [3.05, 3.63) is 53.1 Å². The molecule has 0 spiro atoms. The molecule has 0 fully saturated rings. The van der Waals surface area contributed by atoms with E-state index in [0.717, 1.165) is 40.3 Å². The van der Waals surface area contributed by atoms with Crippen molar-refractivity contribution in [3.63, 3.8) is 0 Å². The molecule has 1 aliphatic heterocycles. The number of benzene rings is 1. The molecule has 0 aromatic heterocycles. The molecular weight excluding hydrogens is 438 g/mol. The van der Waals surface area contributed by atoms with Crippen LogP contribution in [0.1, 0.15) is 17.3 Å². The molecular formula is C22H21NO10. The molecule has 0 atom stereocenters. The lowest BCUT2D eigenvalue weighted by Gasteiger charge is -2.38. The van der Waals surface area contributed by atoms with Crippen LogP contribution in [0, 0.1) is 0 Å². The Morgan fingerprint density at radius 3 is 1.64 bits per heavy atom. The number of ether oxygens (including phenoxy) is 4. The minimum absolute atomic E-state index is 0.0225. The number of ketones is 1. The van der Waals surface area contributed by atoms with E-state index in [1.165, 1.54) is 24.3 Å². The second kappa shape index (κ2) is 9.90. The van der Waals surface area contributed by atoms with Crippen molar-refractivity contribution in [2.75, 3.05) is 33.3 Å². The normalized spacial score (nSPS) is 17.7. The Bertz CT molecular complexity index is 1050. The Labute approximate surface area is 188 Å². The average molecular weight is 459 g/mol. The van der Waals surface area contributed by atoms with Gasteiger partial charge in [-0.1, -0.05) is 12.1 Å². The molecule has 1 aromatic carbocycles. The number of nitrogens with zero attached hydrogens (tertiary/aromatic N) is 1. The van der Waals surface area contributed by atoms with E-state index in [2.05, 4.69) is 9.47 Å². The summed E-state index contributed by atoms with van der Waals surface area (Å²) in [5.41, 5.74) is -4.19. The van der Waals surface area contributed by atoms with Gasteiger partial charge in [-0.2, -0.15) is 0 Å². The third-order valence-electron chi connectivity index (χ3n) is 4.89. The summed E-state index contributed by atoms with van der Waals surface area (Å²) in [5.74, 6) is -6.43. The molecule has 0 aliphatic carbocycles. The van der Waals surface area contributed by atoms with Gasteiger partial charge in [0.25, 0.3) is 0 Å². The van der Waals surface area contributed by atoms with Crippen molar-refractivity contribution >= 4 is 41.3 Å². The van der Waals surface area contributed by atoms with Crippen molar-refractivity contribution in [1.29, 1.82) is 0 Å². The number of esters is 4. The van der Waals surface area contributed by atoms with E-state index in [-0.39, 0.29) is 11.3 Å². The Balaban J connectivity index is 3.17. The highest BCUT2D eigenvalue weighted by atomic mass is 16.5. The molecule has 11 heteroatoms. The highest BCUT2D eigenvalue weighted by molar-refractivity contribution is 6.30. The van der Waals surface area contributed by atoms with Crippen LogP contribution in [0.2, 0.25) is 0 Å². The van der Waals surface area contributed by atoms with Crippen LogP contribution < -0.4 is 4.90 Å². The van der Waals surface area contributed by atoms with Gasteiger partial charge in [0.2, 0.25) is 11.7 Å². The Morgan fingerprint density at radius 2 is 1.24 bits per heavy atom. The summed E-state index contributed by atoms with van der Waals surface area (Å²) in [6, 6.07) is 5.77. The SMILES string of the molecule is COC(=O)/C=C(/C(=O)OC)C1(/C(=C\C(=O)OC)C(=O)OC)C(=O)c2ccccc2N1C(C)=O. The molecule has 33 heavy (non-hydrogen) atoms. The van der Waals surface area contributed by atoms with Gasteiger partial charge < -0.3 is 18.9 Å². The van der Waals surface area contributed by atoms with Gasteiger partial charge in [-0.15, -0.1) is 0 Å². The molecule has 11 nitrogen and oxygen atoms in total. The van der Waals surface area contributed by atoms with Gasteiger partial charge in [0, 0.05) is 24.6 Å². The van der Waals surface area contributed by atoms with Gasteiger partial charge in [0.15, 0.2) is 5.54 Å². The Hall–Kier alpha value is -4.28. The number of methoxy groups -OCH3 is 4. The van der Waals surface area contributed by atoms with Gasteiger partial charge in [-0.25, -0.2) is 19.2 Å². The van der Waals surface area contributed by atoms with Crippen LogP contribution in [-0.2, 0) is 42.9 Å². The predicted octanol–water partition coefficient (Wildman–Crippen LogP) is 0.519. The third-order valence-corrected chi connectivity index (χ3v) is 4.89. The summed E-state index contributed by atoms with van der Waals surface area (Å²) in [6.45, 7) is 1.07. The molecule has 0 N–H and O–H groups in total. The minimum atomic E-state index is -2.64. The fourth-order valence-corrected chi connectivity index (χ4v) is 3.57. The quantitative estimate of drug-likeness (QED) is 0.336. The van der Waals surface area contributed by atoms with Crippen LogP contribution in [-0.4, -0.2) is 69.5 Å². The van der Waals surface area contributed by atoms with Crippen molar-refractivity contribution in [3.8, 4) is 0 Å². The van der Waals surface area contributed by atoms with Crippen molar-refractivity contribution in [2.45, 2.75) is 12.5 Å². The van der Waals surface area contributed by atoms with Gasteiger partial charge in [0.05, 0.1) is 45.3 Å². The molecule has 0 bridgehead atoms. The number of Topliss-reactive ketones (excluding diaryl/α,β-unsaturated/α-hetero) is 1. The smallest absolute Gasteiger partial charge is 0.337 e. The number of hydrogen-bond acceptors (Lipinski definition) is 10. The van der Waals surface area contributed by atoms with E-state index in [1.54, 1.807) is 0 Å². The number of carbonyl (C=O) groups excluding carboxylic acids is 6. The summed E-state index contributed by atoms with van der Waals surface area (Å²) in [5, 5.41) is 0. The van der Waals surface area contributed by atoms with Crippen molar-refractivity contribution in [2.24, 2.45) is 0 Å². The molecule has 174 valence electrons. The number of carbonyl (C=O) groups is 6. The van der Waals surface area contributed by atoms with Crippen LogP contribution in [0.4, 0.5) is 5.69 Å². The van der Waals surface area contributed by atoms with Gasteiger partial charge in [0.1, 0.15) is 0 Å². The summed E-state index contributed by atoms with van der Waals surface area (Å²) in [4.78, 5) is 77.8. The molecule has 0 saturated heterocycles. The van der Waals surface area contributed by atoms with E-state index in [0.29, 0.717) is 12.2 Å². The maximum atomic E-state index is 13.9. The number of para-hydroxylation sites is 1. The van der Waals surface area contributed by atoms with Crippen LogP contribution in [0.5, 0.6) is 0 Å². The average Bonchev–Trinajstić information content (AvgIpc) is 3.08. The van der Waals surface area contributed by atoms with Gasteiger partial charge in [-0.3, -0.25) is 14.5 Å². The van der Waals surface area contributed by atoms with E-state index in [1.807, 2.05) is 0 Å². The van der Waals surface area contributed by atoms with Crippen LogP contribution in [0.3, 0.4) is 0 Å².